The predicted molar refractivity (Wildman–Crippen MR) is 97.3 cm³/mol. The molecule has 3 rings (SSSR count). The van der Waals surface area contributed by atoms with Gasteiger partial charge in [0.15, 0.2) is 0 Å². The van der Waals surface area contributed by atoms with Crippen LogP contribution < -0.4 is 5.32 Å². The van der Waals surface area contributed by atoms with Crippen LogP contribution in [0, 0.1) is 0 Å². The van der Waals surface area contributed by atoms with Gasteiger partial charge in [0.05, 0.1) is 4.20 Å². The van der Waals surface area contributed by atoms with Crippen LogP contribution in [0.4, 0.5) is 0 Å². The van der Waals surface area contributed by atoms with Crippen LogP contribution in [0.2, 0.25) is 0 Å². The van der Waals surface area contributed by atoms with E-state index in [2.05, 4.69) is 45.5 Å². The summed E-state index contributed by atoms with van der Waals surface area (Å²) in [6, 6.07) is 18.4. The van der Waals surface area contributed by atoms with Crippen molar-refractivity contribution in [1.29, 1.82) is 0 Å². The van der Waals surface area contributed by atoms with Gasteiger partial charge in [0, 0.05) is 4.47 Å². The molecule has 1 nitrogen and oxygen atoms in total. The summed E-state index contributed by atoms with van der Waals surface area (Å²) >= 11 is 16.0. The second kappa shape index (κ2) is 5.56. The molecule has 0 radical (unpaired) electrons. The molecule has 2 aromatic carbocycles. The van der Waals surface area contributed by atoms with Crippen molar-refractivity contribution in [1.82, 2.24) is 5.32 Å². The van der Waals surface area contributed by atoms with Crippen LogP contribution in [0.1, 0.15) is 11.1 Å². The van der Waals surface area contributed by atoms with Gasteiger partial charge in [-0.3, -0.25) is 0 Å². The Morgan fingerprint density at radius 2 is 1.65 bits per heavy atom. The van der Waals surface area contributed by atoms with Crippen molar-refractivity contribution in [2.45, 2.75) is 5.54 Å². The Hall–Kier alpha value is -0.750. The highest BCUT2D eigenvalue weighted by Gasteiger charge is 2.45. The minimum absolute atomic E-state index is 0.526. The first-order chi connectivity index (χ1) is 9.63. The van der Waals surface area contributed by atoms with Crippen molar-refractivity contribution in [2.24, 2.45) is 0 Å². The van der Waals surface area contributed by atoms with Gasteiger partial charge < -0.3 is 5.32 Å². The lowest BCUT2D eigenvalue weighted by atomic mass is 9.84. The fourth-order valence-corrected chi connectivity index (χ4v) is 4.66. The van der Waals surface area contributed by atoms with Gasteiger partial charge in [0.1, 0.15) is 9.86 Å². The highest BCUT2D eigenvalue weighted by atomic mass is 79.9. The van der Waals surface area contributed by atoms with Crippen LogP contribution in [-0.4, -0.2) is 8.52 Å². The molecule has 20 heavy (non-hydrogen) atoms. The highest BCUT2D eigenvalue weighted by molar-refractivity contribution is 9.10. The highest BCUT2D eigenvalue weighted by Crippen LogP contribution is 2.41. The number of hydrogen-bond acceptors (Lipinski definition) is 3. The molecule has 1 atom stereocenters. The number of rotatable bonds is 2. The summed E-state index contributed by atoms with van der Waals surface area (Å²) in [7, 11) is 0. The van der Waals surface area contributed by atoms with Gasteiger partial charge in [-0.25, -0.2) is 0 Å². The van der Waals surface area contributed by atoms with Gasteiger partial charge in [0.25, 0.3) is 0 Å². The number of nitrogens with one attached hydrogen (secondary N) is 1. The smallest absolute Gasteiger partial charge is 0.140 e. The van der Waals surface area contributed by atoms with E-state index in [4.69, 9.17) is 24.4 Å². The van der Waals surface area contributed by atoms with E-state index < -0.39 is 5.54 Å². The molecule has 1 aliphatic heterocycles. The maximum absolute atomic E-state index is 5.63. The van der Waals surface area contributed by atoms with E-state index in [1.165, 1.54) is 11.8 Å². The average Bonchev–Trinajstić information content (AvgIpc) is 2.75. The normalized spacial score (nSPS) is 21.9. The summed E-state index contributed by atoms with van der Waals surface area (Å²) < 4.78 is 2.59. The Labute approximate surface area is 141 Å². The zero-order valence-electron chi connectivity index (χ0n) is 10.3. The first-order valence-electron chi connectivity index (χ1n) is 5.99. The maximum atomic E-state index is 5.63. The molecule has 0 aliphatic carbocycles. The van der Waals surface area contributed by atoms with E-state index in [1.54, 1.807) is 0 Å². The lowest BCUT2D eigenvalue weighted by Gasteiger charge is -2.30. The summed E-state index contributed by atoms with van der Waals surface area (Å²) in [5.74, 6) is 0. The SMILES string of the molecule is S=C1NC(c2ccccc2)(c2cccc(Br)c2)C(=S)S1. The molecule has 0 saturated carbocycles. The average molecular weight is 380 g/mol. The standard InChI is InChI=1S/C15H10BrNS3/c16-12-8-4-7-11(9-12)15(10-5-2-1-3-6-10)13(18)20-14(19)17-15/h1-9H,(H,17,19). The Balaban J connectivity index is 2.24. The maximum Gasteiger partial charge on any atom is 0.140 e. The number of hydrogen-bond donors (Lipinski definition) is 1. The lowest BCUT2D eigenvalue weighted by Crippen LogP contribution is -2.43. The largest absolute Gasteiger partial charge is 0.352 e. The van der Waals surface area contributed by atoms with Crippen molar-refractivity contribution < 1.29 is 0 Å². The van der Waals surface area contributed by atoms with E-state index in [0.29, 0.717) is 0 Å². The van der Waals surface area contributed by atoms with Crippen LogP contribution in [-0.2, 0) is 5.54 Å². The first-order valence-corrected chi connectivity index (χ1v) is 8.41. The van der Waals surface area contributed by atoms with Gasteiger partial charge in [-0.15, -0.1) is 0 Å². The molecule has 0 bridgehead atoms. The summed E-state index contributed by atoms with van der Waals surface area (Å²) in [4.78, 5) is 0. The second-order valence-corrected chi connectivity index (χ2v) is 7.70. The number of halogens is 1. The van der Waals surface area contributed by atoms with E-state index in [1.807, 2.05) is 30.3 Å². The zero-order chi connectivity index (χ0) is 14.2. The Morgan fingerprint density at radius 1 is 0.950 bits per heavy atom. The van der Waals surface area contributed by atoms with Crippen molar-refractivity contribution in [2.75, 3.05) is 0 Å². The van der Waals surface area contributed by atoms with Gasteiger partial charge >= 0.3 is 0 Å². The molecular weight excluding hydrogens is 370 g/mol. The van der Waals surface area contributed by atoms with Gasteiger partial charge in [-0.2, -0.15) is 0 Å². The third-order valence-electron chi connectivity index (χ3n) is 3.25. The fraction of sp³-hybridized carbons (Fsp3) is 0.0667. The van der Waals surface area contributed by atoms with E-state index >= 15 is 0 Å². The van der Waals surface area contributed by atoms with E-state index in [9.17, 15) is 0 Å². The van der Waals surface area contributed by atoms with Crippen molar-refractivity contribution in [3.8, 4) is 0 Å². The molecular formula is C15H10BrNS3. The van der Waals surface area contributed by atoms with E-state index in [0.717, 1.165) is 24.1 Å². The van der Waals surface area contributed by atoms with Gasteiger partial charge in [0.2, 0.25) is 0 Å². The quantitative estimate of drug-likeness (QED) is 0.762. The Bertz CT molecular complexity index is 687. The van der Waals surface area contributed by atoms with Crippen LogP contribution in [0.15, 0.2) is 59.1 Å². The van der Waals surface area contributed by atoms with Crippen molar-refractivity contribution in [3.63, 3.8) is 0 Å². The third-order valence-corrected chi connectivity index (χ3v) is 5.43. The van der Waals surface area contributed by atoms with Crippen molar-refractivity contribution >= 4 is 60.6 Å². The fourth-order valence-electron chi connectivity index (χ4n) is 2.35. The molecule has 0 spiro atoms. The monoisotopic (exact) mass is 379 g/mol. The number of benzene rings is 2. The van der Waals surface area contributed by atoms with Crippen LogP contribution >= 0.6 is 52.1 Å². The molecule has 1 unspecified atom stereocenters. The summed E-state index contributed by atoms with van der Waals surface area (Å²) in [5, 5.41) is 3.41. The van der Waals surface area contributed by atoms with E-state index in [-0.39, 0.29) is 0 Å². The van der Waals surface area contributed by atoms with Crippen molar-refractivity contribution in [3.05, 3.63) is 70.2 Å². The summed E-state index contributed by atoms with van der Waals surface area (Å²) in [6.45, 7) is 0. The molecule has 1 fully saturated rings. The molecule has 2 aromatic rings. The minimum atomic E-state index is -0.526. The number of thioether (sulfide) groups is 1. The van der Waals surface area contributed by atoms with Gasteiger partial charge in [-0.1, -0.05) is 94.6 Å². The topological polar surface area (TPSA) is 12.0 Å². The zero-order valence-corrected chi connectivity index (χ0v) is 14.3. The molecule has 0 amide bonds. The molecule has 5 heteroatoms. The molecule has 1 saturated heterocycles. The summed E-state index contributed by atoms with van der Waals surface area (Å²) in [5.41, 5.74) is 1.67. The molecule has 1 heterocycles. The lowest BCUT2D eigenvalue weighted by molar-refractivity contribution is 0.673. The van der Waals surface area contributed by atoms with Crippen LogP contribution in [0.25, 0.3) is 0 Å². The summed E-state index contributed by atoms with van der Waals surface area (Å²) in [6.07, 6.45) is 0. The Kier molecular flexibility index (Phi) is 3.95. The number of thiocarbonyl (C=S) groups is 2. The molecule has 1 N–H and O–H groups in total. The first kappa shape index (κ1) is 14.2. The Morgan fingerprint density at radius 3 is 2.25 bits per heavy atom. The second-order valence-electron chi connectivity index (χ2n) is 4.43. The van der Waals surface area contributed by atoms with Crippen LogP contribution in [0.5, 0.6) is 0 Å². The van der Waals surface area contributed by atoms with Gasteiger partial charge in [-0.05, 0) is 23.3 Å². The van der Waals surface area contributed by atoms with Crippen LogP contribution in [0.3, 0.4) is 0 Å². The minimum Gasteiger partial charge on any atom is -0.352 e. The third kappa shape index (κ3) is 2.33. The predicted octanol–water partition coefficient (Wildman–Crippen LogP) is 4.64. The molecule has 1 aliphatic rings. The molecule has 0 aromatic heterocycles. The molecule has 100 valence electrons.